The molecule has 0 radical (unpaired) electrons. The molecule has 0 aliphatic heterocycles. The van der Waals surface area contributed by atoms with Gasteiger partial charge in [0.05, 0.1) is 0 Å². The summed E-state index contributed by atoms with van der Waals surface area (Å²) in [5.41, 5.74) is 0. The molecule has 0 aromatic heterocycles. The Hall–Kier alpha value is -1.58. The Balaban J connectivity index is 1.80. The summed E-state index contributed by atoms with van der Waals surface area (Å²) in [6.45, 7) is 1.78. The number of hydrogen-bond acceptors (Lipinski definition) is 3. The number of benzene rings is 2. The van der Waals surface area contributed by atoms with Crippen LogP contribution in [0.3, 0.4) is 0 Å². The minimum absolute atomic E-state index is 0.362. The summed E-state index contributed by atoms with van der Waals surface area (Å²) in [5, 5.41) is 15.7. The van der Waals surface area contributed by atoms with E-state index in [1.807, 2.05) is 24.3 Å². The average Bonchev–Trinajstić information content (AvgIpc) is 3.00. The fourth-order valence-electron chi connectivity index (χ4n) is 3.03. The summed E-state index contributed by atoms with van der Waals surface area (Å²) in [6.07, 6.45) is 3.95. The van der Waals surface area contributed by atoms with E-state index in [2.05, 4.69) is 23.5 Å². The maximum Gasteiger partial charge on any atom is 0.176 e. The third kappa shape index (κ3) is 3.36. The molecule has 0 spiro atoms. The summed E-state index contributed by atoms with van der Waals surface area (Å²) in [4.78, 5) is 0. The van der Waals surface area contributed by atoms with Gasteiger partial charge in [-0.05, 0) is 31.2 Å². The highest BCUT2D eigenvalue weighted by Crippen LogP contribution is 2.27. The zero-order chi connectivity index (χ0) is 14.7. The lowest BCUT2D eigenvalue weighted by atomic mass is 10.1. The Kier molecular flexibility index (Phi) is 4.42. The van der Waals surface area contributed by atoms with Crippen LogP contribution in [0.25, 0.3) is 10.8 Å². The number of ether oxygens (including phenoxy) is 1. The number of nitrogens with one attached hydrogen (secondary N) is 1. The molecular formula is C18H23NO2. The van der Waals surface area contributed by atoms with Crippen LogP contribution in [-0.2, 0) is 0 Å². The van der Waals surface area contributed by atoms with E-state index in [1.54, 1.807) is 6.92 Å². The maximum absolute atomic E-state index is 10.0. The molecule has 2 unspecified atom stereocenters. The molecule has 3 rings (SSSR count). The Morgan fingerprint density at radius 3 is 2.57 bits per heavy atom. The molecule has 0 heterocycles. The summed E-state index contributed by atoms with van der Waals surface area (Å²) in [7, 11) is 0. The lowest BCUT2D eigenvalue weighted by molar-refractivity contribution is 0.0206. The van der Waals surface area contributed by atoms with Crippen molar-refractivity contribution in [2.75, 3.05) is 0 Å². The molecule has 1 aliphatic carbocycles. The average molecular weight is 285 g/mol. The SMILES string of the molecule is CC(O)C(NC1CCCC1)Oc1cccc2ccccc12. The minimum atomic E-state index is -0.551. The van der Waals surface area contributed by atoms with E-state index in [4.69, 9.17) is 4.74 Å². The molecule has 1 aliphatic rings. The second kappa shape index (κ2) is 6.46. The van der Waals surface area contributed by atoms with E-state index in [0.29, 0.717) is 6.04 Å². The highest BCUT2D eigenvalue weighted by atomic mass is 16.5. The van der Waals surface area contributed by atoms with Crippen LogP contribution in [0.5, 0.6) is 5.75 Å². The van der Waals surface area contributed by atoms with Crippen molar-refractivity contribution in [3.63, 3.8) is 0 Å². The minimum Gasteiger partial charge on any atom is -0.472 e. The molecule has 1 saturated carbocycles. The summed E-state index contributed by atoms with van der Waals surface area (Å²) < 4.78 is 6.09. The van der Waals surface area contributed by atoms with Crippen LogP contribution in [0.15, 0.2) is 42.5 Å². The van der Waals surface area contributed by atoms with Gasteiger partial charge in [0.2, 0.25) is 0 Å². The van der Waals surface area contributed by atoms with Gasteiger partial charge in [-0.1, -0.05) is 49.2 Å². The van der Waals surface area contributed by atoms with E-state index in [9.17, 15) is 5.11 Å². The van der Waals surface area contributed by atoms with Crippen molar-refractivity contribution < 1.29 is 9.84 Å². The Morgan fingerprint density at radius 2 is 1.81 bits per heavy atom. The van der Waals surface area contributed by atoms with E-state index in [-0.39, 0.29) is 6.23 Å². The largest absolute Gasteiger partial charge is 0.472 e. The molecule has 2 aromatic rings. The summed E-state index contributed by atoms with van der Waals surface area (Å²) >= 11 is 0. The first-order valence-corrected chi connectivity index (χ1v) is 7.82. The smallest absolute Gasteiger partial charge is 0.176 e. The van der Waals surface area contributed by atoms with E-state index < -0.39 is 6.10 Å². The lowest BCUT2D eigenvalue weighted by Gasteiger charge is -2.26. The Bertz CT molecular complexity index is 585. The second-order valence-corrected chi connectivity index (χ2v) is 5.90. The van der Waals surface area contributed by atoms with Crippen LogP contribution in [0.2, 0.25) is 0 Å². The molecule has 2 N–H and O–H groups in total. The predicted molar refractivity (Wildman–Crippen MR) is 85.4 cm³/mol. The van der Waals surface area contributed by atoms with Crippen molar-refractivity contribution in [1.29, 1.82) is 0 Å². The highest BCUT2D eigenvalue weighted by Gasteiger charge is 2.23. The van der Waals surface area contributed by atoms with Crippen LogP contribution in [0.4, 0.5) is 0 Å². The molecule has 0 saturated heterocycles. The summed E-state index contributed by atoms with van der Waals surface area (Å²) in [5.74, 6) is 0.824. The van der Waals surface area contributed by atoms with E-state index >= 15 is 0 Å². The van der Waals surface area contributed by atoms with Crippen molar-refractivity contribution in [1.82, 2.24) is 5.32 Å². The number of aliphatic hydroxyl groups excluding tert-OH is 1. The Morgan fingerprint density at radius 1 is 1.10 bits per heavy atom. The molecule has 2 atom stereocenters. The van der Waals surface area contributed by atoms with Gasteiger partial charge in [0.1, 0.15) is 11.9 Å². The van der Waals surface area contributed by atoms with Gasteiger partial charge in [-0.3, -0.25) is 5.32 Å². The van der Waals surface area contributed by atoms with Crippen molar-refractivity contribution >= 4 is 10.8 Å². The third-order valence-electron chi connectivity index (χ3n) is 4.20. The molecule has 112 valence electrons. The lowest BCUT2D eigenvalue weighted by Crippen LogP contribution is -2.47. The van der Waals surface area contributed by atoms with E-state index in [0.717, 1.165) is 16.5 Å². The molecule has 0 bridgehead atoms. The quantitative estimate of drug-likeness (QED) is 0.827. The van der Waals surface area contributed by atoms with Crippen molar-refractivity contribution in [3.05, 3.63) is 42.5 Å². The molecule has 0 amide bonds. The van der Waals surface area contributed by atoms with Gasteiger partial charge in [-0.2, -0.15) is 0 Å². The van der Waals surface area contributed by atoms with Crippen molar-refractivity contribution in [3.8, 4) is 5.75 Å². The molecule has 1 fully saturated rings. The topological polar surface area (TPSA) is 41.5 Å². The molecule has 2 aromatic carbocycles. The van der Waals surface area contributed by atoms with Crippen molar-refractivity contribution in [2.45, 2.75) is 51.0 Å². The van der Waals surface area contributed by atoms with E-state index in [1.165, 1.54) is 25.7 Å². The second-order valence-electron chi connectivity index (χ2n) is 5.90. The first-order chi connectivity index (χ1) is 10.2. The van der Waals surface area contributed by atoms with Crippen LogP contribution in [0.1, 0.15) is 32.6 Å². The first kappa shape index (κ1) is 14.4. The van der Waals surface area contributed by atoms with Crippen molar-refractivity contribution in [2.24, 2.45) is 0 Å². The number of hydrogen-bond donors (Lipinski definition) is 2. The molecule has 3 heteroatoms. The van der Waals surface area contributed by atoms with Crippen LogP contribution in [-0.4, -0.2) is 23.5 Å². The Labute approximate surface area is 125 Å². The standard InChI is InChI=1S/C18H23NO2/c1-13(20)18(19-15-9-3-4-10-15)21-17-12-6-8-14-7-2-5-11-16(14)17/h2,5-8,11-13,15,18-20H,3-4,9-10H2,1H3. The highest BCUT2D eigenvalue weighted by molar-refractivity contribution is 5.88. The van der Waals surface area contributed by atoms with Gasteiger partial charge < -0.3 is 9.84 Å². The van der Waals surface area contributed by atoms with Crippen LogP contribution >= 0.6 is 0 Å². The summed E-state index contributed by atoms with van der Waals surface area (Å²) in [6, 6.07) is 14.7. The number of aliphatic hydroxyl groups is 1. The van der Waals surface area contributed by atoms with Gasteiger partial charge in [0, 0.05) is 11.4 Å². The normalized spacial score (nSPS) is 18.8. The van der Waals surface area contributed by atoms with Gasteiger partial charge in [0.25, 0.3) is 0 Å². The maximum atomic E-state index is 10.0. The van der Waals surface area contributed by atoms with Gasteiger partial charge in [-0.25, -0.2) is 0 Å². The fourth-order valence-corrected chi connectivity index (χ4v) is 3.03. The van der Waals surface area contributed by atoms with Gasteiger partial charge >= 0.3 is 0 Å². The molecule has 3 nitrogen and oxygen atoms in total. The van der Waals surface area contributed by atoms with Crippen LogP contribution < -0.4 is 10.1 Å². The van der Waals surface area contributed by atoms with Crippen LogP contribution in [0, 0.1) is 0 Å². The predicted octanol–water partition coefficient (Wildman–Crippen LogP) is 3.46. The number of rotatable bonds is 5. The molecule has 21 heavy (non-hydrogen) atoms. The zero-order valence-electron chi connectivity index (χ0n) is 12.5. The monoisotopic (exact) mass is 285 g/mol. The molecular weight excluding hydrogens is 262 g/mol. The fraction of sp³-hybridized carbons (Fsp3) is 0.444. The van der Waals surface area contributed by atoms with Gasteiger partial charge in [-0.15, -0.1) is 0 Å². The van der Waals surface area contributed by atoms with Gasteiger partial charge in [0.15, 0.2) is 6.23 Å². The first-order valence-electron chi connectivity index (χ1n) is 7.82. The third-order valence-corrected chi connectivity index (χ3v) is 4.20. The zero-order valence-corrected chi connectivity index (χ0v) is 12.5. The number of fused-ring (bicyclic) bond motifs is 1.